The van der Waals surface area contributed by atoms with Crippen molar-refractivity contribution >= 4 is 33.8 Å². The molecule has 1 heterocycles. The van der Waals surface area contributed by atoms with Gasteiger partial charge >= 0.3 is 0 Å². The Balaban J connectivity index is 2.52. The fourth-order valence-corrected chi connectivity index (χ4v) is 1.71. The first-order valence-electron chi connectivity index (χ1n) is 4.31. The zero-order valence-electron chi connectivity index (χ0n) is 7.84. The van der Waals surface area contributed by atoms with Gasteiger partial charge in [-0.1, -0.05) is 11.6 Å². The zero-order valence-corrected chi connectivity index (χ0v) is 10.2. The molecule has 0 atom stereocenters. The molecule has 0 amide bonds. The minimum Gasteiger partial charge on any atom is -0.453 e. The van der Waals surface area contributed by atoms with E-state index < -0.39 is 5.82 Å². The first kappa shape index (κ1) is 11.4. The second-order valence-corrected chi connectivity index (χ2v) is 4.27. The molecule has 0 N–H and O–H groups in total. The fraction of sp³-hybridized carbons (Fsp3) is 0. The van der Waals surface area contributed by atoms with Crippen LogP contribution in [0, 0.1) is 5.82 Å². The van der Waals surface area contributed by atoms with Crippen LogP contribution in [0.1, 0.15) is 10.6 Å². The number of halogens is 3. The first-order chi connectivity index (χ1) is 7.61. The van der Waals surface area contributed by atoms with Gasteiger partial charge in [-0.2, -0.15) is 0 Å². The Labute approximate surface area is 104 Å². The van der Waals surface area contributed by atoms with Crippen molar-refractivity contribution in [2.45, 2.75) is 0 Å². The Morgan fingerprint density at radius 1 is 1.38 bits per heavy atom. The van der Waals surface area contributed by atoms with Gasteiger partial charge in [-0.15, -0.1) is 0 Å². The summed E-state index contributed by atoms with van der Waals surface area (Å²) in [5.41, 5.74) is 0.485. The van der Waals surface area contributed by atoms with Crippen molar-refractivity contribution in [2.75, 3.05) is 0 Å². The standard InChI is InChI=1S/C11H5BrClFO2/c12-11-8(13)3-6(4-9(11)14)10-2-1-7(5-15)16-10/h1-5H. The van der Waals surface area contributed by atoms with Crippen LogP contribution in [0.5, 0.6) is 0 Å². The summed E-state index contributed by atoms with van der Waals surface area (Å²) in [7, 11) is 0. The van der Waals surface area contributed by atoms with Gasteiger partial charge in [0.25, 0.3) is 0 Å². The summed E-state index contributed by atoms with van der Waals surface area (Å²) in [5, 5.41) is 0.249. The number of carbonyl (C=O) groups is 1. The van der Waals surface area contributed by atoms with Crippen molar-refractivity contribution < 1.29 is 13.6 Å². The van der Waals surface area contributed by atoms with Crippen molar-refractivity contribution in [3.05, 3.63) is 45.3 Å². The molecule has 0 aliphatic heterocycles. The number of carbonyl (C=O) groups excluding carboxylic acids is 1. The van der Waals surface area contributed by atoms with E-state index in [0.29, 0.717) is 17.6 Å². The van der Waals surface area contributed by atoms with Gasteiger partial charge in [-0.3, -0.25) is 4.79 Å². The Morgan fingerprint density at radius 2 is 2.12 bits per heavy atom. The molecule has 2 nitrogen and oxygen atoms in total. The molecule has 0 radical (unpaired) electrons. The van der Waals surface area contributed by atoms with Crippen LogP contribution in [0.25, 0.3) is 11.3 Å². The summed E-state index contributed by atoms with van der Waals surface area (Å²) in [5.74, 6) is 0.108. The molecule has 1 aromatic carbocycles. The third-order valence-electron chi connectivity index (χ3n) is 2.01. The van der Waals surface area contributed by atoms with E-state index in [1.807, 2.05) is 0 Å². The van der Waals surface area contributed by atoms with Crippen LogP contribution in [0.3, 0.4) is 0 Å². The predicted octanol–water partition coefficient (Wildman–Crippen LogP) is 4.31. The molecule has 2 rings (SSSR count). The Morgan fingerprint density at radius 3 is 2.69 bits per heavy atom. The van der Waals surface area contributed by atoms with E-state index in [1.54, 1.807) is 12.1 Å². The van der Waals surface area contributed by atoms with Crippen molar-refractivity contribution in [3.63, 3.8) is 0 Å². The van der Waals surface area contributed by atoms with Crippen molar-refractivity contribution in [1.82, 2.24) is 0 Å². The second kappa shape index (κ2) is 4.39. The monoisotopic (exact) mass is 302 g/mol. The third-order valence-corrected chi connectivity index (χ3v) is 3.34. The van der Waals surface area contributed by atoms with E-state index in [1.165, 1.54) is 12.1 Å². The van der Waals surface area contributed by atoms with Crippen LogP contribution in [0.4, 0.5) is 4.39 Å². The van der Waals surface area contributed by atoms with Crippen LogP contribution in [-0.4, -0.2) is 6.29 Å². The highest BCUT2D eigenvalue weighted by Gasteiger charge is 2.10. The maximum absolute atomic E-state index is 13.4. The molecule has 0 saturated heterocycles. The lowest BCUT2D eigenvalue weighted by Gasteiger charge is -2.01. The van der Waals surface area contributed by atoms with E-state index in [4.69, 9.17) is 16.0 Å². The van der Waals surface area contributed by atoms with E-state index in [9.17, 15) is 9.18 Å². The number of rotatable bonds is 2. The molecule has 5 heteroatoms. The van der Waals surface area contributed by atoms with Crippen molar-refractivity contribution in [1.29, 1.82) is 0 Å². The number of furan rings is 1. The van der Waals surface area contributed by atoms with Gasteiger partial charge in [0.15, 0.2) is 12.0 Å². The molecule has 0 bridgehead atoms. The Bertz CT molecular complexity index is 528. The molecular weight excluding hydrogens is 298 g/mol. The quantitative estimate of drug-likeness (QED) is 0.611. The van der Waals surface area contributed by atoms with Crippen molar-refractivity contribution in [2.24, 2.45) is 0 Å². The average Bonchev–Trinajstić information content (AvgIpc) is 2.73. The average molecular weight is 304 g/mol. The first-order valence-corrected chi connectivity index (χ1v) is 5.49. The third kappa shape index (κ3) is 2.03. The molecule has 0 aliphatic carbocycles. The van der Waals surface area contributed by atoms with Gasteiger partial charge in [-0.05, 0) is 40.2 Å². The Kier molecular flexibility index (Phi) is 3.12. The topological polar surface area (TPSA) is 30.2 Å². The van der Waals surface area contributed by atoms with Gasteiger partial charge in [0, 0.05) is 5.56 Å². The van der Waals surface area contributed by atoms with E-state index in [-0.39, 0.29) is 15.3 Å². The lowest BCUT2D eigenvalue weighted by atomic mass is 10.2. The van der Waals surface area contributed by atoms with Crippen LogP contribution in [0.15, 0.2) is 33.2 Å². The zero-order chi connectivity index (χ0) is 11.7. The normalized spacial score (nSPS) is 10.4. The lowest BCUT2D eigenvalue weighted by molar-refractivity contribution is 0.110. The van der Waals surface area contributed by atoms with E-state index in [0.717, 1.165) is 0 Å². The summed E-state index contributed by atoms with van der Waals surface area (Å²) >= 11 is 8.82. The molecule has 0 fully saturated rings. The van der Waals surface area contributed by atoms with E-state index in [2.05, 4.69) is 15.9 Å². The largest absolute Gasteiger partial charge is 0.453 e. The van der Waals surface area contributed by atoms with Crippen LogP contribution >= 0.6 is 27.5 Å². The second-order valence-electron chi connectivity index (χ2n) is 3.07. The maximum atomic E-state index is 13.4. The van der Waals surface area contributed by atoms with Gasteiger partial charge in [0.05, 0.1) is 9.50 Å². The summed E-state index contributed by atoms with van der Waals surface area (Å²) < 4.78 is 18.7. The number of hydrogen-bond donors (Lipinski definition) is 0. The molecule has 82 valence electrons. The smallest absolute Gasteiger partial charge is 0.185 e. The highest BCUT2D eigenvalue weighted by molar-refractivity contribution is 9.10. The molecule has 0 spiro atoms. The van der Waals surface area contributed by atoms with Gasteiger partial charge in [-0.25, -0.2) is 4.39 Å². The van der Waals surface area contributed by atoms with Crippen LogP contribution < -0.4 is 0 Å². The van der Waals surface area contributed by atoms with Gasteiger partial charge in [0.1, 0.15) is 11.6 Å². The Hall–Kier alpha value is -1.13. The molecule has 1 aromatic heterocycles. The molecule has 0 aliphatic rings. The summed E-state index contributed by atoms with van der Waals surface area (Å²) in [6.07, 6.45) is 0.584. The molecule has 0 unspecified atom stereocenters. The molecular formula is C11H5BrClFO2. The molecule has 0 saturated carbocycles. The predicted molar refractivity (Wildman–Crippen MR) is 62.2 cm³/mol. The molecule has 16 heavy (non-hydrogen) atoms. The van der Waals surface area contributed by atoms with Crippen LogP contribution in [-0.2, 0) is 0 Å². The minimum atomic E-state index is -0.480. The van der Waals surface area contributed by atoms with Gasteiger partial charge < -0.3 is 4.42 Å². The minimum absolute atomic E-state index is 0.189. The number of aldehydes is 1. The highest BCUT2D eigenvalue weighted by Crippen LogP contribution is 2.32. The number of hydrogen-bond acceptors (Lipinski definition) is 2. The lowest BCUT2D eigenvalue weighted by Crippen LogP contribution is -1.82. The van der Waals surface area contributed by atoms with Crippen molar-refractivity contribution in [3.8, 4) is 11.3 Å². The highest BCUT2D eigenvalue weighted by atomic mass is 79.9. The number of benzene rings is 1. The summed E-state index contributed by atoms with van der Waals surface area (Å²) in [6.45, 7) is 0. The summed E-state index contributed by atoms with van der Waals surface area (Å²) in [6, 6.07) is 5.93. The molecule has 2 aromatic rings. The van der Waals surface area contributed by atoms with Crippen LogP contribution in [0.2, 0.25) is 5.02 Å². The maximum Gasteiger partial charge on any atom is 0.185 e. The summed E-state index contributed by atoms with van der Waals surface area (Å²) in [4.78, 5) is 10.4. The van der Waals surface area contributed by atoms with Gasteiger partial charge in [0.2, 0.25) is 0 Å². The fourth-order valence-electron chi connectivity index (χ4n) is 1.27. The van der Waals surface area contributed by atoms with E-state index >= 15 is 0 Å². The SMILES string of the molecule is O=Cc1ccc(-c2cc(F)c(Br)c(Cl)c2)o1.